The van der Waals surface area contributed by atoms with Crippen LogP contribution in [0.25, 0.3) is 0 Å². The molecule has 1 rings (SSSR count). The molecule has 2 heteroatoms. The Bertz CT molecular complexity index is 362. The van der Waals surface area contributed by atoms with Gasteiger partial charge in [0.1, 0.15) is 5.82 Å². The predicted octanol–water partition coefficient (Wildman–Crippen LogP) is 2.53. The van der Waals surface area contributed by atoms with Crippen LogP contribution in [0.3, 0.4) is 0 Å². The normalized spacial score (nSPS) is 11.7. The van der Waals surface area contributed by atoms with Crippen LogP contribution in [0.4, 0.5) is 4.39 Å². The molecular formula is C13H15FO. The molecule has 15 heavy (non-hydrogen) atoms. The molecule has 1 N–H and O–H groups in total. The highest BCUT2D eigenvalue weighted by molar-refractivity contribution is 5.17. The molecule has 0 aliphatic carbocycles. The summed E-state index contributed by atoms with van der Waals surface area (Å²) in [5.74, 6) is 5.41. The van der Waals surface area contributed by atoms with Gasteiger partial charge in [0, 0.05) is 6.42 Å². The Morgan fingerprint density at radius 3 is 2.93 bits per heavy atom. The Morgan fingerprint density at radius 2 is 2.27 bits per heavy atom. The van der Waals surface area contributed by atoms with Crippen LogP contribution < -0.4 is 0 Å². The van der Waals surface area contributed by atoms with Crippen molar-refractivity contribution in [2.75, 3.05) is 0 Å². The van der Waals surface area contributed by atoms with Gasteiger partial charge in [-0.1, -0.05) is 12.1 Å². The Labute approximate surface area is 89.9 Å². The maximum atomic E-state index is 12.8. The third-order valence-corrected chi connectivity index (χ3v) is 2.14. The number of benzene rings is 1. The molecule has 0 bridgehead atoms. The summed E-state index contributed by atoms with van der Waals surface area (Å²) < 4.78 is 12.8. The Morgan fingerprint density at radius 1 is 1.47 bits per heavy atom. The summed E-state index contributed by atoms with van der Waals surface area (Å²) in [6.07, 6.45) is 1.38. The average Bonchev–Trinajstić information content (AvgIpc) is 2.18. The molecule has 0 aromatic heterocycles. The predicted molar refractivity (Wildman–Crippen MR) is 58.8 cm³/mol. The number of hydrogen-bond donors (Lipinski definition) is 1. The topological polar surface area (TPSA) is 20.2 Å². The highest BCUT2D eigenvalue weighted by atomic mass is 19.1. The van der Waals surface area contributed by atoms with Crippen LogP contribution in [0, 0.1) is 17.7 Å². The minimum atomic E-state index is -0.437. The van der Waals surface area contributed by atoms with E-state index in [1.807, 2.05) is 6.07 Å². The minimum Gasteiger partial charge on any atom is -0.393 e. The van der Waals surface area contributed by atoms with E-state index in [9.17, 15) is 9.50 Å². The lowest BCUT2D eigenvalue weighted by Gasteiger charge is -2.08. The van der Waals surface area contributed by atoms with Gasteiger partial charge in [0.15, 0.2) is 0 Å². The quantitative estimate of drug-likeness (QED) is 0.750. The van der Waals surface area contributed by atoms with Crippen LogP contribution in [-0.2, 0) is 6.42 Å². The van der Waals surface area contributed by atoms with Gasteiger partial charge in [0.25, 0.3) is 0 Å². The first-order valence-corrected chi connectivity index (χ1v) is 5.04. The van der Waals surface area contributed by atoms with E-state index in [0.717, 1.165) is 5.56 Å². The molecule has 1 unspecified atom stereocenters. The Hall–Kier alpha value is -1.33. The summed E-state index contributed by atoms with van der Waals surface area (Å²) >= 11 is 0. The fourth-order valence-corrected chi connectivity index (χ4v) is 1.40. The zero-order chi connectivity index (χ0) is 11.1. The van der Waals surface area contributed by atoms with E-state index in [4.69, 9.17) is 0 Å². The molecule has 1 aromatic rings. The Balaban J connectivity index is 2.42. The fourth-order valence-electron chi connectivity index (χ4n) is 1.40. The van der Waals surface area contributed by atoms with Gasteiger partial charge < -0.3 is 5.11 Å². The van der Waals surface area contributed by atoms with Gasteiger partial charge in [-0.3, -0.25) is 0 Å². The highest BCUT2D eigenvalue weighted by Crippen LogP contribution is 2.09. The lowest BCUT2D eigenvalue weighted by molar-refractivity contribution is 0.166. The van der Waals surface area contributed by atoms with Crippen molar-refractivity contribution in [1.82, 2.24) is 0 Å². The molecule has 1 nitrogen and oxygen atoms in total. The standard InChI is InChI=1S/C13H15FO/c1-2-3-4-8-13(15)10-11-6-5-7-12(14)9-11/h5-7,9,13,15H,4,8,10H2,1H3. The molecule has 0 aliphatic rings. The molecule has 0 fully saturated rings. The molecule has 0 spiro atoms. The van der Waals surface area contributed by atoms with E-state index < -0.39 is 6.10 Å². The van der Waals surface area contributed by atoms with Crippen molar-refractivity contribution in [1.29, 1.82) is 0 Å². The van der Waals surface area contributed by atoms with Gasteiger partial charge in [0.05, 0.1) is 6.10 Å². The maximum Gasteiger partial charge on any atom is 0.123 e. The van der Waals surface area contributed by atoms with Crippen molar-refractivity contribution in [2.45, 2.75) is 32.3 Å². The highest BCUT2D eigenvalue weighted by Gasteiger charge is 2.05. The van der Waals surface area contributed by atoms with Gasteiger partial charge in [-0.25, -0.2) is 4.39 Å². The van der Waals surface area contributed by atoms with E-state index in [-0.39, 0.29) is 5.82 Å². The SMILES string of the molecule is CC#CCCC(O)Cc1cccc(F)c1. The summed E-state index contributed by atoms with van der Waals surface area (Å²) in [6, 6.07) is 6.33. The van der Waals surface area contributed by atoms with Crippen molar-refractivity contribution >= 4 is 0 Å². The van der Waals surface area contributed by atoms with E-state index in [0.29, 0.717) is 19.3 Å². The first-order chi connectivity index (χ1) is 7.22. The largest absolute Gasteiger partial charge is 0.393 e. The number of halogens is 1. The second-order valence-corrected chi connectivity index (χ2v) is 3.45. The van der Waals surface area contributed by atoms with Gasteiger partial charge >= 0.3 is 0 Å². The van der Waals surface area contributed by atoms with Crippen molar-refractivity contribution < 1.29 is 9.50 Å². The molecule has 0 saturated carbocycles. The first kappa shape index (κ1) is 11.7. The van der Waals surface area contributed by atoms with E-state index in [2.05, 4.69) is 11.8 Å². The van der Waals surface area contributed by atoms with Crippen LogP contribution in [0.5, 0.6) is 0 Å². The van der Waals surface area contributed by atoms with Gasteiger partial charge in [-0.2, -0.15) is 0 Å². The molecule has 0 heterocycles. The van der Waals surface area contributed by atoms with Crippen molar-refractivity contribution in [3.05, 3.63) is 35.6 Å². The van der Waals surface area contributed by atoms with Crippen LogP contribution in [0.1, 0.15) is 25.3 Å². The maximum absolute atomic E-state index is 12.8. The number of rotatable bonds is 4. The lowest BCUT2D eigenvalue weighted by Crippen LogP contribution is -2.09. The zero-order valence-electron chi connectivity index (χ0n) is 8.83. The smallest absolute Gasteiger partial charge is 0.123 e. The summed E-state index contributed by atoms with van der Waals surface area (Å²) in [5.41, 5.74) is 0.826. The summed E-state index contributed by atoms with van der Waals surface area (Å²) in [4.78, 5) is 0. The molecular weight excluding hydrogens is 191 g/mol. The monoisotopic (exact) mass is 206 g/mol. The second-order valence-electron chi connectivity index (χ2n) is 3.45. The van der Waals surface area contributed by atoms with E-state index in [1.165, 1.54) is 12.1 Å². The molecule has 0 saturated heterocycles. The van der Waals surface area contributed by atoms with Crippen molar-refractivity contribution in [3.63, 3.8) is 0 Å². The van der Waals surface area contributed by atoms with Crippen LogP contribution in [0.15, 0.2) is 24.3 Å². The third kappa shape index (κ3) is 4.62. The molecule has 80 valence electrons. The summed E-state index contributed by atoms with van der Waals surface area (Å²) in [6.45, 7) is 1.78. The Kier molecular flexibility index (Phi) is 4.86. The number of hydrogen-bond acceptors (Lipinski definition) is 1. The van der Waals surface area contributed by atoms with E-state index >= 15 is 0 Å². The fraction of sp³-hybridized carbons (Fsp3) is 0.385. The summed E-state index contributed by atoms with van der Waals surface area (Å²) in [7, 11) is 0. The summed E-state index contributed by atoms with van der Waals surface area (Å²) in [5, 5.41) is 9.63. The van der Waals surface area contributed by atoms with Gasteiger partial charge in [-0.15, -0.1) is 11.8 Å². The van der Waals surface area contributed by atoms with E-state index in [1.54, 1.807) is 13.0 Å². The van der Waals surface area contributed by atoms with Gasteiger partial charge in [0.2, 0.25) is 0 Å². The lowest BCUT2D eigenvalue weighted by atomic mass is 10.0. The van der Waals surface area contributed by atoms with Crippen molar-refractivity contribution in [2.24, 2.45) is 0 Å². The first-order valence-electron chi connectivity index (χ1n) is 5.04. The molecule has 1 atom stereocenters. The second kappa shape index (κ2) is 6.21. The molecule has 0 radical (unpaired) electrons. The van der Waals surface area contributed by atoms with Crippen LogP contribution >= 0.6 is 0 Å². The average molecular weight is 206 g/mol. The number of aliphatic hydroxyl groups excluding tert-OH is 1. The molecule has 0 aliphatic heterocycles. The van der Waals surface area contributed by atoms with Crippen molar-refractivity contribution in [3.8, 4) is 11.8 Å². The van der Waals surface area contributed by atoms with Gasteiger partial charge in [-0.05, 0) is 37.5 Å². The molecule has 0 amide bonds. The minimum absolute atomic E-state index is 0.256. The van der Waals surface area contributed by atoms with Crippen LogP contribution in [0.2, 0.25) is 0 Å². The van der Waals surface area contributed by atoms with Crippen LogP contribution in [-0.4, -0.2) is 11.2 Å². The molecule has 1 aromatic carbocycles. The zero-order valence-corrected chi connectivity index (χ0v) is 8.83. The third-order valence-electron chi connectivity index (χ3n) is 2.14. The number of aliphatic hydroxyl groups is 1.